The minimum Gasteiger partial charge on any atom is -0.357 e. The van der Waals surface area contributed by atoms with E-state index in [1.807, 2.05) is 19.1 Å². The lowest BCUT2D eigenvalue weighted by Gasteiger charge is -2.25. The molecule has 0 amide bonds. The first-order chi connectivity index (χ1) is 12.0. The van der Waals surface area contributed by atoms with E-state index < -0.39 is 0 Å². The first-order valence-electron chi connectivity index (χ1n) is 8.21. The summed E-state index contributed by atoms with van der Waals surface area (Å²) in [5, 5.41) is 17.5. The smallest absolute Gasteiger partial charge is 0.191 e. The van der Waals surface area contributed by atoms with E-state index in [4.69, 9.17) is 5.26 Å². The maximum absolute atomic E-state index is 13.9. The van der Waals surface area contributed by atoms with Gasteiger partial charge in [0.05, 0.1) is 18.2 Å². The highest BCUT2D eigenvalue weighted by atomic mass is 32.1. The maximum Gasteiger partial charge on any atom is 0.191 e. The number of halogens is 1. The van der Waals surface area contributed by atoms with Gasteiger partial charge in [0, 0.05) is 28.9 Å². The second-order valence-electron chi connectivity index (χ2n) is 6.33. The SMILES string of the molecule is CCNC(=NCc1cc(C#N)ccc1F)NCC(C)(C)c1cccs1. The molecule has 0 saturated carbocycles. The molecule has 2 rings (SSSR count). The van der Waals surface area contributed by atoms with E-state index in [-0.39, 0.29) is 17.8 Å². The van der Waals surface area contributed by atoms with Crippen molar-refractivity contribution in [2.45, 2.75) is 32.7 Å². The maximum atomic E-state index is 13.9. The van der Waals surface area contributed by atoms with Gasteiger partial charge < -0.3 is 10.6 Å². The third kappa shape index (κ3) is 5.30. The van der Waals surface area contributed by atoms with Gasteiger partial charge in [-0.15, -0.1) is 11.3 Å². The number of nitrogens with zero attached hydrogens (tertiary/aromatic N) is 2. The highest BCUT2D eigenvalue weighted by molar-refractivity contribution is 7.10. The third-order valence-electron chi connectivity index (χ3n) is 3.81. The molecule has 0 aliphatic heterocycles. The van der Waals surface area contributed by atoms with Gasteiger partial charge in [-0.25, -0.2) is 9.38 Å². The van der Waals surface area contributed by atoms with Crippen molar-refractivity contribution in [3.63, 3.8) is 0 Å². The fraction of sp³-hybridized carbons (Fsp3) is 0.368. The third-order valence-corrected chi connectivity index (χ3v) is 5.05. The Morgan fingerprint density at radius 1 is 1.32 bits per heavy atom. The Morgan fingerprint density at radius 3 is 2.76 bits per heavy atom. The number of thiophene rings is 1. The lowest BCUT2D eigenvalue weighted by molar-refractivity contribution is 0.518. The van der Waals surface area contributed by atoms with Crippen molar-refractivity contribution in [3.8, 4) is 6.07 Å². The Kier molecular flexibility index (Phi) is 6.54. The van der Waals surface area contributed by atoms with Crippen LogP contribution in [0, 0.1) is 17.1 Å². The zero-order valence-corrected chi connectivity index (χ0v) is 15.6. The molecule has 0 saturated heterocycles. The van der Waals surface area contributed by atoms with E-state index in [2.05, 4.69) is 40.9 Å². The predicted molar refractivity (Wildman–Crippen MR) is 101 cm³/mol. The molecule has 0 spiro atoms. The highest BCUT2D eigenvalue weighted by Gasteiger charge is 2.21. The van der Waals surface area contributed by atoms with Crippen molar-refractivity contribution < 1.29 is 4.39 Å². The van der Waals surface area contributed by atoms with E-state index >= 15 is 0 Å². The normalized spacial score (nSPS) is 11.9. The fourth-order valence-corrected chi connectivity index (χ4v) is 3.18. The quantitative estimate of drug-likeness (QED) is 0.610. The molecule has 132 valence electrons. The van der Waals surface area contributed by atoms with Crippen LogP contribution in [0.3, 0.4) is 0 Å². The fourth-order valence-electron chi connectivity index (χ4n) is 2.33. The van der Waals surface area contributed by atoms with Crippen molar-refractivity contribution in [1.29, 1.82) is 5.26 Å². The summed E-state index contributed by atoms with van der Waals surface area (Å²) in [6.07, 6.45) is 0. The number of benzene rings is 1. The topological polar surface area (TPSA) is 60.2 Å². The standard InChI is InChI=1S/C19H23FN4S/c1-4-22-18(24-13-19(2,3)17-6-5-9-25-17)23-12-15-10-14(11-21)7-8-16(15)20/h5-10H,4,12-13H2,1-3H3,(H2,22,23,24). The van der Waals surface area contributed by atoms with Crippen LogP contribution >= 0.6 is 11.3 Å². The number of aliphatic imine (C=N–C) groups is 1. The minimum atomic E-state index is -0.350. The predicted octanol–water partition coefficient (Wildman–Crippen LogP) is 3.79. The molecule has 25 heavy (non-hydrogen) atoms. The molecule has 1 heterocycles. The molecule has 0 unspecified atom stereocenters. The molecule has 0 atom stereocenters. The van der Waals surface area contributed by atoms with Gasteiger partial charge in [-0.3, -0.25) is 0 Å². The molecule has 2 N–H and O–H groups in total. The van der Waals surface area contributed by atoms with E-state index in [0.29, 0.717) is 30.2 Å². The molecule has 6 heteroatoms. The van der Waals surface area contributed by atoms with Crippen molar-refractivity contribution in [2.75, 3.05) is 13.1 Å². The summed E-state index contributed by atoms with van der Waals surface area (Å²) < 4.78 is 13.9. The molecule has 0 aliphatic rings. The van der Waals surface area contributed by atoms with Gasteiger partial charge in [0.25, 0.3) is 0 Å². The molecule has 1 aromatic carbocycles. The first kappa shape index (κ1) is 18.9. The van der Waals surface area contributed by atoms with Crippen LogP contribution in [0.15, 0.2) is 40.7 Å². The molecule has 0 aliphatic carbocycles. The number of guanidine groups is 1. The second-order valence-corrected chi connectivity index (χ2v) is 7.28. The van der Waals surface area contributed by atoms with Gasteiger partial charge in [-0.2, -0.15) is 5.26 Å². The van der Waals surface area contributed by atoms with Gasteiger partial charge in [0.15, 0.2) is 5.96 Å². The summed E-state index contributed by atoms with van der Waals surface area (Å²) in [6, 6.07) is 10.5. The van der Waals surface area contributed by atoms with Gasteiger partial charge >= 0.3 is 0 Å². The molecular weight excluding hydrogens is 335 g/mol. The largest absolute Gasteiger partial charge is 0.357 e. The van der Waals surface area contributed by atoms with Gasteiger partial charge in [-0.05, 0) is 36.6 Å². The van der Waals surface area contributed by atoms with Crippen LogP contribution in [0.1, 0.15) is 36.8 Å². The van der Waals surface area contributed by atoms with Crippen molar-refractivity contribution >= 4 is 17.3 Å². The van der Waals surface area contributed by atoms with Gasteiger partial charge in [-0.1, -0.05) is 19.9 Å². The number of rotatable bonds is 6. The molecule has 1 aromatic heterocycles. The Morgan fingerprint density at radius 2 is 2.12 bits per heavy atom. The summed E-state index contributed by atoms with van der Waals surface area (Å²) in [4.78, 5) is 5.75. The van der Waals surface area contributed by atoms with Crippen LogP contribution in [0.25, 0.3) is 0 Å². The van der Waals surface area contributed by atoms with Crippen LogP contribution in [-0.2, 0) is 12.0 Å². The lowest BCUT2D eigenvalue weighted by Crippen LogP contribution is -2.43. The van der Waals surface area contributed by atoms with E-state index in [1.54, 1.807) is 11.3 Å². The molecule has 0 radical (unpaired) electrons. The summed E-state index contributed by atoms with van der Waals surface area (Å²) in [5.74, 6) is 0.284. The Bertz CT molecular complexity index is 760. The molecule has 0 bridgehead atoms. The zero-order chi connectivity index (χ0) is 18.3. The Labute approximate surface area is 152 Å². The summed E-state index contributed by atoms with van der Waals surface area (Å²) in [6.45, 7) is 7.93. The van der Waals surface area contributed by atoms with Crippen LogP contribution in [0.5, 0.6) is 0 Å². The van der Waals surface area contributed by atoms with Crippen LogP contribution in [0.2, 0.25) is 0 Å². The van der Waals surface area contributed by atoms with Crippen molar-refractivity contribution in [2.24, 2.45) is 4.99 Å². The monoisotopic (exact) mass is 358 g/mol. The number of hydrogen-bond donors (Lipinski definition) is 2. The van der Waals surface area contributed by atoms with Gasteiger partial charge in [0.2, 0.25) is 0 Å². The number of nitriles is 1. The van der Waals surface area contributed by atoms with Crippen LogP contribution < -0.4 is 10.6 Å². The summed E-state index contributed by atoms with van der Waals surface area (Å²) in [5.41, 5.74) is 0.813. The second kappa shape index (κ2) is 8.63. The van der Waals surface area contributed by atoms with E-state index in [9.17, 15) is 4.39 Å². The van der Waals surface area contributed by atoms with Crippen molar-refractivity contribution in [1.82, 2.24) is 10.6 Å². The molecule has 0 fully saturated rings. The number of nitrogens with one attached hydrogen (secondary N) is 2. The first-order valence-corrected chi connectivity index (χ1v) is 9.09. The summed E-state index contributed by atoms with van der Waals surface area (Å²) >= 11 is 1.73. The summed E-state index contributed by atoms with van der Waals surface area (Å²) in [7, 11) is 0. The number of hydrogen-bond acceptors (Lipinski definition) is 3. The molecule has 2 aromatic rings. The average Bonchev–Trinajstić information content (AvgIpc) is 3.14. The molecular formula is C19H23FN4S. The Hall–Kier alpha value is -2.39. The molecule has 4 nitrogen and oxygen atoms in total. The van der Waals surface area contributed by atoms with E-state index in [0.717, 1.165) is 0 Å². The zero-order valence-electron chi connectivity index (χ0n) is 14.8. The van der Waals surface area contributed by atoms with Crippen LogP contribution in [0.4, 0.5) is 4.39 Å². The van der Waals surface area contributed by atoms with E-state index in [1.165, 1.54) is 23.1 Å². The lowest BCUT2D eigenvalue weighted by atomic mass is 9.91. The van der Waals surface area contributed by atoms with Crippen molar-refractivity contribution in [3.05, 3.63) is 57.5 Å². The minimum absolute atomic E-state index is 0.0314. The average molecular weight is 358 g/mol. The van der Waals surface area contributed by atoms with Crippen LogP contribution in [-0.4, -0.2) is 19.0 Å². The Balaban J connectivity index is 2.07. The van der Waals surface area contributed by atoms with Gasteiger partial charge in [0.1, 0.15) is 5.82 Å². The highest BCUT2D eigenvalue weighted by Crippen LogP contribution is 2.26.